The fraction of sp³-hybridized carbons (Fsp3) is 0.174. The minimum absolute atomic E-state index is 0.262. The zero-order valence-electron chi connectivity index (χ0n) is 14.4. The van der Waals surface area contributed by atoms with E-state index < -0.39 is 0 Å². The molecular formula is C23H19NO2. The van der Waals surface area contributed by atoms with Gasteiger partial charge in [0.1, 0.15) is 5.58 Å². The van der Waals surface area contributed by atoms with Crippen LogP contribution in [0.25, 0.3) is 32.9 Å². The average molecular weight is 341 g/mol. The lowest BCUT2D eigenvalue weighted by molar-refractivity contribution is 0.566. The lowest BCUT2D eigenvalue weighted by atomic mass is 10.00. The van der Waals surface area contributed by atoms with E-state index in [1.807, 2.05) is 48.5 Å². The molecule has 128 valence electrons. The molecule has 0 saturated carbocycles. The third kappa shape index (κ3) is 2.31. The molecule has 0 unspecified atom stereocenters. The first kappa shape index (κ1) is 15.2. The summed E-state index contributed by atoms with van der Waals surface area (Å²) in [5.74, 6) is 0. The molecule has 26 heavy (non-hydrogen) atoms. The Bertz CT molecular complexity index is 1160. The van der Waals surface area contributed by atoms with Crippen molar-refractivity contribution in [3.63, 3.8) is 0 Å². The maximum atomic E-state index is 13.1. The van der Waals surface area contributed by atoms with E-state index in [1.165, 1.54) is 0 Å². The smallest absolute Gasteiger partial charge is 0.346 e. The van der Waals surface area contributed by atoms with Crippen LogP contribution in [-0.4, -0.2) is 13.1 Å². The summed E-state index contributed by atoms with van der Waals surface area (Å²) < 4.78 is 5.88. The monoisotopic (exact) mass is 341 g/mol. The maximum Gasteiger partial charge on any atom is 0.346 e. The Kier molecular flexibility index (Phi) is 3.52. The van der Waals surface area contributed by atoms with Gasteiger partial charge in [-0.05, 0) is 29.9 Å². The van der Waals surface area contributed by atoms with Gasteiger partial charge in [-0.25, -0.2) is 4.79 Å². The number of fused-ring (bicyclic) bond motifs is 3. The molecule has 3 heteroatoms. The zero-order chi connectivity index (χ0) is 17.5. The molecule has 3 aromatic carbocycles. The standard InChI is InChI=1S/C23H19NO2/c25-23-20(17-9-2-1-3-10-17)21(24-14-6-7-15-24)19-13-12-16-8-4-5-11-18(16)22(19)26-23/h1-5,8-13H,6-7,14-15H2. The molecule has 0 bridgehead atoms. The summed E-state index contributed by atoms with van der Waals surface area (Å²) in [4.78, 5) is 15.4. The number of hydrogen-bond donors (Lipinski definition) is 0. The van der Waals surface area contributed by atoms with Crippen molar-refractivity contribution in [1.29, 1.82) is 0 Å². The van der Waals surface area contributed by atoms with E-state index in [0.717, 1.165) is 53.3 Å². The van der Waals surface area contributed by atoms with E-state index in [-0.39, 0.29) is 5.63 Å². The Balaban J connectivity index is 1.93. The van der Waals surface area contributed by atoms with Gasteiger partial charge in [-0.15, -0.1) is 0 Å². The van der Waals surface area contributed by atoms with E-state index in [1.54, 1.807) is 0 Å². The lowest BCUT2D eigenvalue weighted by Crippen LogP contribution is -2.22. The van der Waals surface area contributed by atoms with Crippen LogP contribution in [0, 0.1) is 0 Å². The third-order valence-electron chi connectivity index (χ3n) is 5.26. The summed E-state index contributed by atoms with van der Waals surface area (Å²) in [6.07, 6.45) is 2.31. The van der Waals surface area contributed by atoms with Crippen molar-refractivity contribution < 1.29 is 4.42 Å². The SMILES string of the molecule is O=c1oc2c(ccc3ccccc32)c(N2CCCC2)c1-c1ccccc1. The highest BCUT2D eigenvalue weighted by atomic mass is 16.4. The van der Waals surface area contributed by atoms with Crippen LogP contribution in [0.3, 0.4) is 0 Å². The fourth-order valence-corrected chi connectivity index (χ4v) is 4.04. The molecule has 3 nitrogen and oxygen atoms in total. The minimum Gasteiger partial charge on any atom is -0.421 e. The highest BCUT2D eigenvalue weighted by Gasteiger charge is 2.24. The van der Waals surface area contributed by atoms with Gasteiger partial charge in [0.15, 0.2) is 0 Å². The van der Waals surface area contributed by atoms with E-state index in [0.29, 0.717) is 11.1 Å². The van der Waals surface area contributed by atoms with Crippen LogP contribution in [0.2, 0.25) is 0 Å². The van der Waals surface area contributed by atoms with Crippen molar-refractivity contribution >= 4 is 27.4 Å². The zero-order valence-corrected chi connectivity index (χ0v) is 14.4. The highest BCUT2D eigenvalue weighted by Crippen LogP contribution is 2.38. The number of nitrogens with zero attached hydrogens (tertiary/aromatic N) is 1. The van der Waals surface area contributed by atoms with Gasteiger partial charge in [0.25, 0.3) is 0 Å². The van der Waals surface area contributed by atoms with Crippen LogP contribution < -0.4 is 10.5 Å². The van der Waals surface area contributed by atoms with Gasteiger partial charge in [0, 0.05) is 23.9 Å². The van der Waals surface area contributed by atoms with Crippen LogP contribution in [-0.2, 0) is 0 Å². The first-order valence-corrected chi connectivity index (χ1v) is 9.12. The Morgan fingerprint density at radius 3 is 2.31 bits per heavy atom. The van der Waals surface area contributed by atoms with Crippen LogP contribution in [0.4, 0.5) is 5.69 Å². The molecule has 1 fully saturated rings. The van der Waals surface area contributed by atoms with Crippen molar-refractivity contribution in [2.45, 2.75) is 12.8 Å². The molecule has 0 N–H and O–H groups in total. The normalized spacial score (nSPS) is 14.4. The lowest BCUT2D eigenvalue weighted by Gasteiger charge is -2.23. The van der Waals surface area contributed by atoms with Gasteiger partial charge in [-0.2, -0.15) is 0 Å². The molecular weight excluding hydrogens is 322 g/mol. The van der Waals surface area contributed by atoms with Crippen molar-refractivity contribution in [3.05, 3.63) is 77.2 Å². The second-order valence-electron chi connectivity index (χ2n) is 6.84. The summed E-state index contributed by atoms with van der Waals surface area (Å²) >= 11 is 0. The minimum atomic E-state index is -0.262. The Morgan fingerprint density at radius 2 is 1.50 bits per heavy atom. The van der Waals surface area contributed by atoms with E-state index in [2.05, 4.69) is 23.1 Å². The average Bonchev–Trinajstić information content (AvgIpc) is 3.22. The maximum absolute atomic E-state index is 13.1. The molecule has 1 aromatic heterocycles. The second kappa shape index (κ2) is 6.03. The molecule has 2 heterocycles. The van der Waals surface area contributed by atoms with Crippen molar-refractivity contribution in [2.24, 2.45) is 0 Å². The Labute approximate surface area is 151 Å². The third-order valence-corrected chi connectivity index (χ3v) is 5.26. The van der Waals surface area contributed by atoms with E-state index >= 15 is 0 Å². The molecule has 0 atom stereocenters. The van der Waals surface area contributed by atoms with Crippen molar-refractivity contribution in [3.8, 4) is 11.1 Å². The van der Waals surface area contributed by atoms with Crippen LogP contribution in [0.15, 0.2) is 75.9 Å². The number of hydrogen-bond acceptors (Lipinski definition) is 3. The van der Waals surface area contributed by atoms with Crippen LogP contribution in [0.1, 0.15) is 12.8 Å². The molecule has 0 radical (unpaired) electrons. The summed E-state index contributed by atoms with van der Waals surface area (Å²) in [5.41, 5.74) is 3.04. The molecule has 1 saturated heterocycles. The molecule has 1 aliphatic heterocycles. The van der Waals surface area contributed by atoms with Gasteiger partial charge < -0.3 is 9.32 Å². The Morgan fingerprint density at radius 1 is 0.769 bits per heavy atom. The summed E-state index contributed by atoms with van der Waals surface area (Å²) in [6, 6.07) is 22.2. The molecule has 0 amide bonds. The van der Waals surface area contributed by atoms with E-state index in [4.69, 9.17) is 4.42 Å². The fourth-order valence-electron chi connectivity index (χ4n) is 4.04. The number of rotatable bonds is 2. The molecule has 5 rings (SSSR count). The Hall–Kier alpha value is -3.07. The molecule has 1 aliphatic rings. The second-order valence-corrected chi connectivity index (χ2v) is 6.84. The summed E-state index contributed by atoms with van der Waals surface area (Å²) in [6.45, 7) is 1.95. The van der Waals surface area contributed by atoms with Gasteiger partial charge in [0.2, 0.25) is 0 Å². The number of benzene rings is 3. The number of anilines is 1. The highest BCUT2D eigenvalue weighted by molar-refractivity contribution is 6.10. The van der Waals surface area contributed by atoms with Gasteiger partial charge in [-0.3, -0.25) is 0 Å². The van der Waals surface area contributed by atoms with Gasteiger partial charge in [0.05, 0.1) is 11.3 Å². The topological polar surface area (TPSA) is 33.5 Å². The predicted octanol–water partition coefficient (Wildman–Crippen LogP) is 5.21. The van der Waals surface area contributed by atoms with Gasteiger partial charge >= 0.3 is 5.63 Å². The molecule has 4 aromatic rings. The van der Waals surface area contributed by atoms with Crippen LogP contribution in [0.5, 0.6) is 0 Å². The molecule has 0 spiro atoms. The van der Waals surface area contributed by atoms with Crippen molar-refractivity contribution in [1.82, 2.24) is 0 Å². The summed E-state index contributed by atoms with van der Waals surface area (Å²) in [5, 5.41) is 3.09. The van der Waals surface area contributed by atoms with E-state index in [9.17, 15) is 4.79 Å². The molecule has 0 aliphatic carbocycles. The van der Waals surface area contributed by atoms with Crippen molar-refractivity contribution in [2.75, 3.05) is 18.0 Å². The summed E-state index contributed by atoms with van der Waals surface area (Å²) in [7, 11) is 0. The quantitative estimate of drug-likeness (QED) is 0.370. The first-order valence-electron chi connectivity index (χ1n) is 9.12. The van der Waals surface area contributed by atoms with Crippen LogP contribution >= 0.6 is 0 Å². The largest absolute Gasteiger partial charge is 0.421 e. The predicted molar refractivity (Wildman–Crippen MR) is 107 cm³/mol. The van der Waals surface area contributed by atoms with Gasteiger partial charge in [-0.1, -0.05) is 60.7 Å². The first-order chi connectivity index (χ1) is 12.8.